The van der Waals surface area contributed by atoms with Gasteiger partial charge in [0.1, 0.15) is 11.5 Å². The largest absolute Gasteiger partial charge is 0.444 e. The van der Waals surface area contributed by atoms with Crippen LogP contribution in [-0.4, -0.2) is 89.7 Å². The van der Waals surface area contributed by atoms with Crippen molar-refractivity contribution in [3.8, 4) is 0 Å². The van der Waals surface area contributed by atoms with Gasteiger partial charge in [0.05, 0.1) is 17.1 Å². The summed E-state index contributed by atoms with van der Waals surface area (Å²) in [5, 5.41) is 10.1. The molecule has 0 spiro atoms. The number of nitrogens with zero attached hydrogens (tertiary/aromatic N) is 5. The van der Waals surface area contributed by atoms with Gasteiger partial charge in [-0.2, -0.15) is 0 Å². The second kappa shape index (κ2) is 12.2. The van der Waals surface area contributed by atoms with Gasteiger partial charge in [0.2, 0.25) is 0 Å². The molecule has 5 rings (SSSR count). The number of ether oxygens (including phenoxy) is 1. The van der Waals surface area contributed by atoms with Gasteiger partial charge in [0.25, 0.3) is 11.8 Å². The topological polar surface area (TPSA) is 120 Å². The second-order valence-corrected chi connectivity index (χ2v) is 10.2. The van der Waals surface area contributed by atoms with E-state index in [1.54, 1.807) is 24.0 Å². The standard InChI is InChI=1S/C27H31N7O4S/c1-19-24(39-31-30-19)26(36)34-15-13-32(14-16-34)23-8-7-21(25(35)33-11-9-28-10-12-33)17-22(23)29-27(37)38-18-20-5-3-2-4-6-20/h2-8,17,28H,9-16,18H2,1H3,(H,29,37). The summed E-state index contributed by atoms with van der Waals surface area (Å²) in [5.41, 5.74) is 3.28. The summed E-state index contributed by atoms with van der Waals surface area (Å²) < 4.78 is 9.33. The Balaban J connectivity index is 1.31. The molecule has 0 saturated carbocycles. The van der Waals surface area contributed by atoms with Crippen molar-refractivity contribution in [1.29, 1.82) is 0 Å². The summed E-state index contributed by atoms with van der Waals surface area (Å²) in [7, 11) is 0. The number of amides is 3. The molecule has 0 radical (unpaired) electrons. The van der Waals surface area contributed by atoms with E-state index in [1.807, 2.05) is 41.3 Å². The Morgan fingerprint density at radius 1 is 0.949 bits per heavy atom. The normalized spacial score (nSPS) is 15.7. The first kappa shape index (κ1) is 26.6. The number of carbonyl (C=O) groups excluding carboxylic acids is 3. The lowest BCUT2D eigenvalue weighted by atomic mass is 10.1. The van der Waals surface area contributed by atoms with Crippen molar-refractivity contribution in [1.82, 2.24) is 24.7 Å². The van der Waals surface area contributed by atoms with Gasteiger partial charge < -0.3 is 24.8 Å². The molecule has 3 heterocycles. The fourth-order valence-corrected chi connectivity index (χ4v) is 5.31. The van der Waals surface area contributed by atoms with Crippen molar-refractivity contribution in [2.45, 2.75) is 13.5 Å². The molecule has 204 valence electrons. The fraction of sp³-hybridized carbons (Fsp3) is 0.370. The molecule has 0 atom stereocenters. The van der Waals surface area contributed by atoms with E-state index < -0.39 is 6.09 Å². The van der Waals surface area contributed by atoms with Gasteiger partial charge in [-0.25, -0.2) is 4.79 Å². The van der Waals surface area contributed by atoms with Crippen LogP contribution in [0, 0.1) is 6.92 Å². The van der Waals surface area contributed by atoms with Gasteiger partial charge in [-0.05, 0) is 42.2 Å². The van der Waals surface area contributed by atoms with Crippen LogP contribution in [0.2, 0.25) is 0 Å². The molecular weight excluding hydrogens is 518 g/mol. The monoisotopic (exact) mass is 549 g/mol. The highest BCUT2D eigenvalue weighted by Gasteiger charge is 2.27. The fourth-order valence-electron chi connectivity index (χ4n) is 4.69. The molecule has 12 heteroatoms. The Bertz CT molecular complexity index is 1320. The Kier molecular flexibility index (Phi) is 8.33. The van der Waals surface area contributed by atoms with Gasteiger partial charge in [0.15, 0.2) is 0 Å². The summed E-state index contributed by atoms with van der Waals surface area (Å²) in [5.74, 6) is -0.144. The van der Waals surface area contributed by atoms with Gasteiger partial charge in [-0.15, -0.1) is 5.10 Å². The molecule has 2 aromatic carbocycles. The zero-order valence-corrected chi connectivity index (χ0v) is 22.6. The maximum atomic E-state index is 13.2. The molecule has 3 amide bonds. The average molecular weight is 550 g/mol. The highest BCUT2D eigenvalue weighted by molar-refractivity contribution is 7.07. The molecule has 0 aliphatic carbocycles. The summed E-state index contributed by atoms with van der Waals surface area (Å²) in [6.45, 7) is 6.83. The van der Waals surface area contributed by atoms with Gasteiger partial charge in [-0.1, -0.05) is 34.8 Å². The van der Waals surface area contributed by atoms with Crippen molar-refractivity contribution in [2.75, 3.05) is 62.6 Å². The first-order valence-corrected chi connectivity index (χ1v) is 13.7. The third-order valence-corrected chi connectivity index (χ3v) is 7.67. The maximum absolute atomic E-state index is 13.2. The number of nitrogens with one attached hydrogen (secondary N) is 2. The predicted molar refractivity (Wildman–Crippen MR) is 148 cm³/mol. The smallest absolute Gasteiger partial charge is 0.412 e. The predicted octanol–water partition coefficient (Wildman–Crippen LogP) is 2.60. The van der Waals surface area contributed by atoms with Crippen LogP contribution in [-0.2, 0) is 11.3 Å². The number of benzene rings is 2. The molecule has 0 unspecified atom stereocenters. The Morgan fingerprint density at radius 3 is 2.36 bits per heavy atom. The van der Waals surface area contributed by atoms with E-state index in [2.05, 4.69) is 25.1 Å². The van der Waals surface area contributed by atoms with E-state index in [4.69, 9.17) is 4.74 Å². The Hall–Kier alpha value is -4.03. The maximum Gasteiger partial charge on any atom is 0.412 e. The number of piperazine rings is 2. The minimum absolute atomic E-state index is 0.0676. The number of aromatic nitrogens is 2. The van der Waals surface area contributed by atoms with E-state index in [0.717, 1.165) is 35.9 Å². The molecular formula is C27H31N7O4S. The van der Waals surface area contributed by atoms with Crippen LogP contribution < -0.4 is 15.5 Å². The Labute approximate surface area is 230 Å². The van der Waals surface area contributed by atoms with E-state index >= 15 is 0 Å². The lowest BCUT2D eigenvalue weighted by Crippen LogP contribution is -2.49. The molecule has 2 aliphatic heterocycles. The average Bonchev–Trinajstić information content (AvgIpc) is 3.42. The van der Waals surface area contributed by atoms with Gasteiger partial charge >= 0.3 is 6.09 Å². The number of rotatable bonds is 6. The summed E-state index contributed by atoms with van der Waals surface area (Å²) >= 11 is 1.11. The van der Waals surface area contributed by atoms with Crippen LogP contribution in [0.1, 0.15) is 31.3 Å². The molecule has 3 aromatic rings. The number of aryl methyl sites for hydroxylation is 1. The van der Waals surface area contributed by atoms with Crippen molar-refractivity contribution in [3.63, 3.8) is 0 Å². The lowest BCUT2D eigenvalue weighted by molar-refractivity contribution is 0.0732. The number of carbonyl (C=O) groups is 3. The highest BCUT2D eigenvalue weighted by Crippen LogP contribution is 2.30. The third-order valence-electron chi connectivity index (χ3n) is 6.85. The minimum Gasteiger partial charge on any atom is -0.444 e. The molecule has 1 aromatic heterocycles. The lowest BCUT2D eigenvalue weighted by Gasteiger charge is -2.37. The molecule has 2 fully saturated rings. The first-order chi connectivity index (χ1) is 19.0. The van der Waals surface area contributed by atoms with Crippen LogP contribution in [0.3, 0.4) is 0 Å². The molecule has 39 heavy (non-hydrogen) atoms. The second-order valence-electron chi connectivity index (χ2n) is 9.43. The SMILES string of the molecule is Cc1nnsc1C(=O)N1CCN(c2ccc(C(=O)N3CCNCC3)cc2NC(=O)OCc2ccccc2)CC1. The van der Waals surface area contributed by atoms with Crippen LogP contribution in [0.15, 0.2) is 48.5 Å². The van der Waals surface area contributed by atoms with E-state index in [0.29, 0.717) is 61.1 Å². The molecule has 11 nitrogen and oxygen atoms in total. The van der Waals surface area contributed by atoms with Crippen LogP contribution >= 0.6 is 11.5 Å². The minimum atomic E-state index is -0.603. The summed E-state index contributed by atoms with van der Waals surface area (Å²) in [6.07, 6.45) is -0.603. The van der Waals surface area contributed by atoms with Crippen molar-refractivity contribution >= 4 is 40.8 Å². The van der Waals surface area contributed by atoms with Crippen LogP contribution in [0.5, 0.6) is 0 Å². The Morgan fingerprint density at radius 2 is 1.67 bits per heavy atom. The van der Waals surface area contributed by atoms with E-state index in [-0.39, 0.29) is 18.4 Å². The van der Waals surface area contributed by atoms with Crippen molar-refractivity contribution in [3.05, 3.63) is 70.2 Å². The molecule has 2 aliphatic rings. The molecule has 0 bridgehead atoms. The summed E-state index contributed by atoms with van der Waals surface area (Å²) in [6, 6.07) is 14.8. The number of anilines is 2. The van der Waals surface area contributed by atoms with Crippen molar-refractivity contribution < 1.29 is 19.1 Å². The van der Waals surface area contributed by atoms with Crippen molar-refractivity contribution in [2.24, 2.45) is 0 Å². The van der Waals surface area contributed by atoms with E-state index in [1.165, 1.54) is 0 Å². The highest BCUT2D eigenvalue weighted by atomic mass is 32.1. The van der Waals surface area contributed by atoms with Crippen LogP contribution in [0.4, 0.5) is 16.2 Å². The molecule has 2 N–H and O–H groups in total. The van der Waals surface area contributed by atoms with E-state index in [9.17, 15) is 14.4 Å². The number of hydrogen-bond acceptors (Lipinski definition) is 9. The number of hydrogen-bond donors (Lipinski definition) is 2. The first-order valence-electron chi connectivity index (χ1n) is 12.9. The molecule has 2 saturated heterocycles. The van der Waals surface area contributed by atoms with Crippen LogP contribution in [0.25, 0.3) is 0 Å². The van der Waals surface area contributed by atoms with Gasteiger partial charge in [-0.3, -0.25) is 14.9 Å². The third kappa shape index (κ3) is 6.35. The summed E-state index contributed by atoms with van der Waals surface area (Å²) in [4.78, 5) is 45.1. The zero-order valence-electron chi connectivity index (χ0n) is 21.8. The zero-order chi connectivity index (χ0) is 27.2. The van der Waals surface area contributed by atoms with Gasteiger partial charge in [0, 0.05) is 57.9 Å². The quantitative estimate of drug-likeness (QED) is 0.482.